The van der Waals surface area contributed by atoms with Crippen molar-refractivity contribution >= 4 is 15.9 Å². The molecule has 3 nitrogen and oxygen atoms in total. The first-order chi connectivity index (χ1) is 5.04. The number of rotatable bonds is 2. The van der Waals surface area contributed by atoms with Gasteiger partial charge in [-0.2, -0.15) is 0 Å². The summed E-state index contributed by atoms with van der Waals surface area (Å²) >= 11 is 3.22. The van der Waals surface area contributed by atoms with E-state index in [1.54, 1.807) is 20.0 Å². The molecule has 1 N–H and O–H groups in total. The van der Waals surface area contributed by atoms with E-state index in [0.717, 1.165) is 5.76 Å². The lowest BCUT2D eigenvalue weighted by molar-refractivity contribution is 0.0474. The van der Waals surface area contributed by atoms with Crippen molar-refractivity contribution in [2.24, 2.45) is 0 Å². The molecule has 4 heteroatoms. The normalized spacial score (nSPS) is 12.0. The molecule has 1 rings (SSSR count). The predicted molar refractivity (Wildman–Crippen MR) is 44.4 cm³/mol. The Labute approximate surface area is 73.6 Å². The molecule has 0 saturated heterocycles. The minimum atomic E-state index is -0.986. The first kappa shape index (κ1) is 8.74. The molecule has 11 heavy (non-hydrogen) atoms. The molecular weight excluding hydrogens is 210 g/mol. The van der Waals surface area contributed by atoms with E-state index in [-0.39, 0.29) is 0 Å². The molecule has 0 fully saturated rings. The largest absolute Gasteiger partial charge is 0.442 e. The van der Waals surface area contributed by atoms with Crippen LogP contribution in [0.2, 0.25) is 0 Å². The molecule has 0 unspecified atom stereocenters. The Hall–Kier alpha value is -0.350. The highest BCUT2D eigenvalue weighted by Crippen LogP contribution is 2.19. The summed E-state index contributed by atoms with van der Waals surface area (Å²) in [5.41, 5.74) is -0.986. The van der Waals surface area contributed by atoms with Crippen LogP contribution in [0, 0.1) is 0 Å². The standard InChI is InChI=1S/C7H10BrNO2/c1-7(2,10)6-9-4-5(3-8)11-6/h4,10H,3H2,1-2H3. The number of oxazole rings is 1. The Morgan fingerprint density at radius 2 is 2.36 bits per heavy atom. The molecule has 0 bridgehead atoms. The van der Waals surface area contributed by atoms with Crippen LogP contribution < -0.4 is 0 Å². The molecule has 0 aliphatic carbocycles. The number of aromatic nitrogens is 1. The van der Waals surface area contributed by atoms with Crippen molar-refractivity contribution in [1.29, 1.82) is 0 Å². The van der Waals surface area contributed by atoms with E-state index in [4.69, 9.17) is 4.42 Å². The molecule has 0 aliphatic heterocycles. The summed E-state index contributed by atoms with van der Waals surface area (Å²) < 4.78 is 5.19. The first-order valence-electron chi connectivity index (χ1n) is 3.27. The summed E-state index contributed by atoms with van der Waals surface area (Å²) in [7, 11) is 0. The molecule has 62 valence electrons. The Kier molecular flexibility index (Phi) is 2.34. The van der Waals surface area contributed by atoms with Crippen LogP contribution in [0.4, 0.5) is 0 Å². The van der Waals surface area contributed by atoms with Crippen LogP contribution in [-0.2, 0) is 10.9 Å². The fourth-order valence-electron chi connectivity index (χ4n) is 0.652. The van der Waals surface area contributed by atoms with Crippen molar-refractivity contribution in [3.05, 3.63) is 17.8 Å². The van der Waals surface area contributed by atoms with Crippen molar-refractivity contribution in [2.75, 3.05) is 0 Å². The lowest BCUT2D eigenvalue weighted by Crippen LogP contribution is -2.15. The topological polar surface area (TPSA) is 46.3 Å². The smallest absolute Gasteiger partial charge is 0.225 e. The summed E-state index contributed by atoms with van der Waals surface area (Å²) in [6.07, 6.45) is 1.60. The number of halogens is 1. The zero-order valence-corrected chi connectivity index (χ0v) is 8.05. The highest BCUT2D eigenvalue weighted by atomic mass is 79.9. The van der Waals surface area contributed by atoms with Gasteiger partial charge in [-0.25, -0.2) is 4.98 Å². The van der Waals surface area contributed by atoms with Gasteiger partial charge in [0.1, 0.15) is 11.4 Å². The van der Waals surface area contributed by atoms with Gasteiger partial charge in [0, 0.05) is 0 Å². The van der Waals surface area contributed by atoms with E-state index in [1.807, 2.05) is 0 Å². The zero-order chi connectivity index (χ0) is 8.48. The van der Waals surface area contributed by atoms with Crippen LogP contribution in [0.15, 0.2) is 10.6 Å². The third-order valence-electron chi connectivity index (χ3n) is 1.21. The van der Waals surface area contributed by atoms with E-state index in [2.05, 4.69) is 20.9 Å². The summed E-state index contributed by atoms with van der Waals surface area (Å²) in [6, 6.07) is 0. The maximum Gasteiger partial charge on any atom is 0.225 e. The average molecular weight is 220 g/mol. The highest BCUT2D eigenvalue weighted by Gasteiger charge is 2.21. The zero-order valence-electron chi connectivity index (χ0n) is 6.47. The van der Waals surface area contributed by atoms with Gasteiger partial charge in [0.15, 0.2) is 0 Å². The van der Waals surface area contributed by atoms with E-state index >= 15 is 0 Å². The fourth-order valence-corrected chi connectivity index (χ4v) is 0.911. The molecule has 1 aromatic heterocycles. The summed E-state index contributed by atoms with van der Waals surface area (Å²) in [4.78, 5) is 3.91. The van der Waals surface area contributed by atoms with Crippen LogP contribution in [-0.4, -0.2) is 10.1 Å². The van der Waals surface area contributed by atoms with Gasteiger partial charge in [0.2, 0.25) is 5.89 Å². The second-order valence-electron chi connectivity index (χ2n) is 2.82. The molecule has 0 amide bonds. The molecule has 0 atom stereocenters. The number of nitrogens with zero attached hydrogens (tertiary/aromatic N) is 1. The third-order valence-corrected chi connectivity index (χ3v) is 1.76. The predicted octanol–water partition coefficient (Wildman–Crippen LogP) is 1.80. The van der Waals surface area contributed by atoms with Crippen molar-refractivity contribution in [1.82, 2.24) is 4.98 Å². The molecule has 1 aromatic rings. The van der Waals surface area contributed by atoms with Gasteiger partial charge in [-0.1, -0.05) is 15.9 Å². The third kappa shape index (κ3) is 2.04. The molecular formula is C7H10BrNO2. The Bertz CT molecular complexity index is 239. The molecule has 1 heterocycles. The van der Waals surface area contributed by atoms with Gasteiger partial charge in [-0.05, 0) is 13.8 Å². The van der Waals surface area contributed by atoms with Crippen LogP contribution in [0.5, 0.6) is 0 Å². The van der Waals surface area contributed by atoms with Crippen LogP contribution in [0.25, 0.3) is 0 Å². The number of hydrogen-bond acceptors (Lipinski definition) is 3. The molecule has 0 aromatic carbocycles. The lowest BCUT2D eigenvalue weighted by Gasteiger charge is -2.10. The average Bonchev–Trinajstić information content (AvgIpc) is 2.32. The van der Waals surface area contributed by atoms with Crippen molar-refractivity contribution in [2.45, 2.75) is 24.8 Å². The Morgan fingerprint density at radius 1 is 1.73 bits per heavy atom. The van der Waals surface area contributed by atoms with Gasteiger partial charge in [-0.15, -0.1) is 0 Å². The Morgan fingerprint density at radius 3 is 2.64 bits per heavy atom. The van der Waals surface area contributed by atoms with Crippen LogP contribution >= 0.6 is 15.9 Å². The fraction of sp³-hybridized carbons (Fsp3) is 0.571. The number of hydrogen-bond donors (Lipinski definition) is 1. The minimum Gasteiger partial charge on any atom is -0.442 e. The maximum absolute atomic E-state index is 9.43. The lowest BCUT2D eigenvalue weighted by atomic mass is 10.1. The second-order valence-corrected chi connectivity index (χ2v) is 3.39. The summed E-state index contributed by atoms with van der Waals surface area (Å²) in [6.45, 7) is 3.27. The summed E-state index contributed by atoms with van der Waals surface area (Å²) in [5.74, 6) is 1.08. The quantitative estimate of drug-likeness (QED) is 0.773. The molecule has 0 saturated carbocycles. The van der Waals surface area contributed by atoms with Gasteiger partial charge in [0.25, 0.3) is 0 Å². The van der Waals surface area contributed by atoms with E-state index < -0.39 is 5.60 Å². The van der Waals surface area contributed by atoms with Crippen molar-refractivity contribution in [3.8, 4) is 0 Å². The minimum absolute atomic E-state index is 0.354. The number of alkyl halides is 1. The van der Waals surface area contributed by atoms with E-state index in [9.17, 15) is 5.11 Å². The molecule has 0 radical (unpaired) electrons. The van der Waals surface area contributed by atoms with Gasteiger partial charge in [-0.3, -0.25) is 0 Å². The van der Waals surface area contributed by atoms with E-state index in [1.165, 1.54) is 0 Å². The molecule has 0 spiro atoms. The summed E-state index contributed by atoms with van der Waals surface area (Å²) in [5, 5.41) is 10.0. The van der Waals surface area contributed by atoms with E-state index in [0.29, 0.717) is 11.2 Å². The van der Waals surface area contributed by atoms with Gasteiger partial charge < -0.3 is 9.52 Å². The van der Waals surface area contributed by atoms with Gasteiger partial charge >= 0.3 is 0 Å². The second kappa shape index (κ2) is 2.95. The highest BCUT2D eigenvalue weighted by molar-refractivity contribution is 9.08. The Balaban J connectivity index is 2.89. The monoisotopic (exact) mass is 219 g/mol. The van der Waals surface area contributed by atoms with Crippen molar-refractivity contribution in [3.63, 3.8) is 0 Å². The van der Waals surface area contributed by atoms with Gasteiger partial charge in [0.05, 0.1) is 11.5 Å². The van der Waals surface area contributed by atoms with Crippen molar-refractivity contribution < 1.29 is 9.52 Å². The molecule has 0 aliphatic rings. The number of aliphatic hydroxyl groups is 1. The van der Waals surface area contributed by atoms with Crippen LogP contribution in [0.1, 0.15) is 25.5 Å². The first-order valence-corrected chi connectivity index (χ1v) is 4.39. The maximum atomic E-state index is 9.43. The van der Waals surface area contributed by atoms with Crippen LogP contribution in [0.3, 0.4) is 0 Å². The SMILES string of the molecule is CC(C)(O)c1ncc(CBr)o1.